The Balaban J connectivity index is 3.36. The van der Waals surface area contributed by atoms with Crippen LogP contribution >= 0.6 is 23.7 Å². The molecule has 4 heteroatoms. The fourth-order valence-corrected chi connectivity index (χ4v) is 4.46. The summed E-state index contributed by atoms with van der Waals surface area (Å²) in [6.07, 6.45) is 11.0. The molecule has 0 aliphatic carbocycles. The predicted octanol–water partition coefficient (Wildman–Crippen LogP) is 6.95. The molecule has 0 aromatic rings. The Hall–Kier alpha value is 0.620. The van der Waals surface area contributed by atoms with Gasteiger partial charge < -0.3 is 4.90 Å². The normalized spacial score (nSPS) is 13.2. The van der Waals surface area contributed by atoms with Gasteiger partial charge in [-0.3, -0.25) is 4.31 Å². The molecule has 0 rings (SSSR count). The highest BCUT2D eigenvalue weighted by molar-refractivity contribution is 8.00. The lowest BCUT2D eigenvalue weighted by Crippen LogP contribution is -2.38. The second kappa shape index (κ2) is 14.6. The number of unbranched alkanes of at least 4 members (excludes halogenated alkanes) is 6. The molecule has 26 heavy (non-hydrogen) atoms. The molecular formula is C22H48N2S2. The highest BCUT2D eigenvalue weighted by Crippen LogP contribution is 2.24. The van der Waals surface area contributed by atoms with Gasteiger partial charge in [0.1, 0.15) is 0 Å². The molecule has 2 nitrogen and oxygen atoms in total. The summed E-state index contributed by atoms with van der Waals surface area (Å²) in [5, 5.41) is 0. The van der Waals surface area contributed by atoms with Crippen molar-refractivity contribution in [2.24, 2.45) is 0 Å². The lowest BCUT2D eigenvalue weighted by atomic mass is 10.1. The molecule has 0 atom stereocenters. The van der Waals surface area contributed by atoms with E-state index in [0.717, 1.165) is 0 Å². The SMILES string of the molecule is CN(CCCCCCN(C)C(C)(C)C)SCCCCCCSC(C)(C)C. The van der Waals surface area contributed by atoms with Crippen molar-refractivity contribution in [2.45, 2.75) is 103 Å². The van der Waals surface area contributed by atoms with Crippen LogP contribution in [0.3, 0.4) is 0 Å². The van der Waals surface area contributed by atoms with E-state index in [0.29, 0.717) is 10.3 Å². The van der Waals surface area contributed by atoms with Gasteiger partial charge in [-0.25, -0.2) is 0 Å². The molecule has 0 aliphatic heterocycles. The largest absolute Gasteiger partial charge is 0.302 e. The molecule has 0 bridgehead atoms. The third-order valence-electron chi connectivity index (χ3n) is 4.75. The molecule has 0 saturated heterocycles. The third-order valence-corrected chi connectivity index (χ3v) is 7.20. The van der Waals surface area contributed by atoms with Gasteiger partial charge in [0.2, 0.25) is 0 Å². The van der Waals surface area contributed by atoms with Gasteiger partial charge in [-0.05, 0) is 72.8 Å². The van der Waals surface area contributed by atoms with Crippen molar-refractivity contribution in [3.05, 3.63) is 0 Å². The molecule has 0 fully saturated rings. The van der Waals surface area contributed by atoms with Crippen LogP contribution in [-0.4, -0.2) is 58.2 Å². The highest BCUT2D eigenvalue weighted by atomic mass is 32.2. The van der Waals surface area contributed by atoms with Crippen LogP contribution in [0.1, 0.15) is 92.9 Å². The van der Waals surface area contributed by atoms with Crippen LogP contribution in [0.2, 0.25) is 0 Å². The molecule has 0 saturated carbocycles. The number of hydrogen-bond acceptors (Lipinski definition) is 4. The average molecular weight is 405 g/mol. The lowest BCUT2D eigenvalue weighted by molar-refractivity contribution is 0.172. The molecule has 0 aliphatic rings. The Morgan fingerprint density at radius 2 is 1.12 bits per heavy atom. The van der Waals surface area contributed by atoms with Crippen LogP contribution in [0.4, 0.5) is 0 Å². The molecule has 0 spiro atoms. The summed E-state index contributed by atoms with van der Waals surface area (Å²) >= 11 is 4.14. The second-order valence-electron chi connectivity index (χ2n) is 9.57. The van der Waals surface area contributed by atoms with Crippen LogP contribution < -0.4 is 0 Å². The topological polar surface area (TPSA) is 6.48 Å². The first kappa shape index (κ1) is 26.6. The summed E-state index contributed by atoms with van der Waals surface area (Å²) in [7, 11) is 4.51. The van der Waals surface area contributed by atoms with E-state index >= 15 is 0 Å². The summed E-state index contributed by atoms with van der Waals surface area (Å²) in [6.45, 7) is 16.3. The molecule has 0 amide bonds. The average Bonchev–Trinajstić information content (AvgIpc) is 2.51. The van der Waals surface area contributed by atoms with Crippen molar-refractivity contribution in [1.29, 1.82) is 0 Å². The summed E-state index contributed by atoms with van der Waals surface area (Å²) in [5.74, 6) is 2.61. The van der Waals surface area contributed by atoms with Crippen molar-refractivity contribution >= 4 is 23.7 Å². The van der Waals surface area contributed by atoms with Crippen molar-refractivity contribution in [2.75, 3.05) is 38.7 Å². The molecular weight excluding hydrogens is 356 g/mol. The fourth-order valence-electron chi connectivity index (χ4n) is 2.59. The van der Waals surface area contributed by atoms with Crippen LogP contribution in [0.5, 0.6) is 0 Å². The van der Waals surface area contributed by atoms with E-state index in [1.807, 2.05) is 11.9 Å². The smallest absolute Gasteiger partial charge is 0.0122 e. The van der Waals surface area contributed by atoms with E-state index in [1.54, 1.807) is 0 Å². The van der Waals surface area contributed by atoms with E-state index < -0.39 is 0 Å². The zero-order chi connectivity index (χ0) is 20.1. The first-order valence-electron chi connectivity index (χ1n) is 10.7. The Kier molecular flexibility index (Phi) is 14.9. The van der Waals surface area contributed by atoms with E-state index in [2.05, 4.69) is 76.6 Å². The van der Waals surface area contributed by atoms with Gasteiger partial charge >= 0.3 is 0 Å². The monoisotopic (exact) mass is 404 g/mol. The van der Waals surface area contributed by atoms with E-state index in [1.165, 1.54) is 76.0 Å². The minimum atomic E-state index is 0.308. The van der Waals surface area contributed by atoms with Crippen LogP contribution in [0, 0.1) is 0 Å². The fraction of sp³-hybridized carbons (Fsp3) is 1.00. The first-order chi connectivity index (χ1) is 12.0. The number of thioether (sulfide) groups is 1. The van der Waals surface area contributed by atoms with Crippen molar-refractivity contribution < 1.29 is 0 Å². The van der Waals surface area contributed by atoms with E-state index in [4.69, 9.17) is 0 Å². The van der Waals surface area contributed by atoms with Gasteiger partial charge in [-0.1, -0.05) is 58.4 Å². The minimum absolute atomic E-state index is 0.308. The maximum absolute atomic E-state index is 2.47. The Labute approximate surface area is 174 Å². The maximum atomic E-state index is 2.47. The van der Waals surface area contributed by atoms with Crippen molar-refractivity contribution in [3.8, 4) is 0 Å². The quantitative estimate of drug-likeness (QED) is 0.215. The standard InChI is InChI=1S/C22H48N2S2/c1-21(2,3)23(7)17-13-9-10-14-18-24(8)26-20-16-12-11-15-19-25-22(4,5)6/h9-20H2,1-8H3. The number of rotatable bonds is 15. The zero-order valence-electron chi connectivity index (χ0n) is 19.2. The third kappa shape index (κ3) is 18.0. The molecule has 0 radical (unpaired) electrons. The Bertz CT molecular complexity index is 321. The molecule has 0 heterocycles. The second-order valence-corrected chi connectivity index (χ2v) is 12.8. The van der Waals surface area contributed by atoms with Crippen LogP contribution in [0.25, 0.3) is 0 Å². The van der Waals surface area contributed by atoms with Crippen LogP contribution in [-0.2, 0) is 0 Å². The Morgan fingerprint density at radius 3 is 1.65 bits per heavy atom. The maximum Gasteiger partial charge on any atom is 0.0122 e. The predicted molar refractivity (Wildman–Crippen MR) is 127 cm³/mol. The molecule has 0 unspecified atom stereocenters. The number of hydrogen-bond donors (Lipinski definition) is 0. The van der Waals surface area contributed by atoms with Crippen molar-refractivity contribution in [3.63, 3.8) is 0 Å². The van der Waals surface area contributed by atoms with Crippen molar-refractivity contribution in [1.82, 2.24) is 9.21 Å². The van der Waals surface area contributed by atoms with E-state index in [-0.39, 0.29) is 0 Å². The molecule has 158 valence electrons. The lowest BCUT2D eigenvalue weighted by Gasteiger charge is -2.31. The van der Waals surface area contributed by atoms with Crippen LogP contribution in [0.15, 0.2) is 0 Å². The summed E-state index contributed by atoms with van der Waals surface area (Å²) in [5.41, 5.74) is 0.308. The molecule has 0 aromatic heterocycles. The summed E-state index contributed by atoms with van der Waals surface area (Å²) in [6, 6.07) is 0. The van der Waals surface area contributed by atoms with Gasteiger partial charge in [0.05, 0.1) is 0 Å². The minimum Gasteiger partial charge on any atom is -0.302 e. The summed E-state index contributed by atoms with van der Waals surface area (Å²) in [4.78, 5) is 2.47. The van der Waals surface area contributed by atoms with Gasteiger partial charge in [-0.15, -0.1) is 0 Å². The number of nitrogens with zero attached hydrogens (tertiary/aromatic N) is 2. The van der Waals surface area contributed by atoms with Gasteiger partial charge in [-0.2, -0.15) is 11.8 Å². The Morgan fingerprint density at radius 1 is 0.615 bits per heavy atom. The molecule has 0 N–H and O–H groups in total. The highest BCUT2D eigenvalue weighted by Gasteiger charge is 2.15. The van der Waals surface area contributed by atoms with E-state index in [9.17, 15) is 0 Å². The molecule has 0 aromatic carbocycles. The van der Waals surface area contributed by atoms with Gasteiger partial charge in [0, 0.05) is 22.6 Å². The first-order valence-corrected chi connectivity index (χ1v) is 12.6. The van der Waals surface area contributed by atoms with Gasteiger partial charge in [0.25, 0.3) is 0 Å². The summed E-state index contributed by atoms with van der Waals surface area (Å²) < 4.78 is 2.89. The zero-order valence-corrected chi connectivity index (χ0v) is 20.8. The van der Waals surface area contributed by atoms with Gasteiger partial charge in [0.15, 0.2) is 0 Å².